The number of aliphatic carboxylic acids is 1. The van der Waals surface area contributed by atoms with Gasteiger partial charge in [0.2, 0.25) is 0 Å². The summed E-state index contributed by atoms with van der Waals surface area (Å²) in [5, 5.41) is 9.79. The van der Waals surface area contributed by atoms with Crippen LogP contribution in [0.2, 0.25) is 0 Å². The molecule has 0 radical (unpaired) electrons. The molecular weight excluding hydrogens is 322 g/mol. The molecule has 0 unspecified atom stereocenters. The molecule has 4 nitrogen and oxygen atoms in total. The normalized spacial score (nSPS) is 10.7. The molecule has 0 bridgehead atoms. The first kappa shape index (κ1) is 16.3. The van der Waals surface area contributed by atoms with Crippen LogP contribution >= 0.6 is 11.8 Å². The summed E-state index contributed by atoms with van der Waals surface area (Å²) in [7, 11) is 0. The zero-order chi connectivity index (χ0) is 16.8. The van der Waals surface area contributed by atoms with Gasteiger partial charge in [0.25, 0.3) is 0 Å². The summed E-state index contributed by atoms with van der Waals surface area (Å²) < 4.78 is 5.82. The van der Waals surface area contributed by atoms with Crippen LogP contribution in [0.1, 0.15) is 11.3 Å². The molecule has 3 aromatic rings. The first-order valence-corrected chi connectivity index (χ1v) is 8.72. The molecule has 0 saturated carbocycles. The van der Waals surface area contributed by atoms with E-state index in [-0.39, 0.29) is 5.75 Å². The summed E-state index contributed by atoms with van der Waals surface area (Å²) in [5.74, 6) is 0.720. The van der Waals surface area contributed by atoms with Crippen molar-refractivity contribution >= 4 is 28.6 Å². The van der Waals surface area contributed by atoms with Crippen LogP contribution in [0, 0.1) is 0 Å². The second-order valence-electron chi connectivity index (χ2n) is 5.32. The Kier molecular flexibility index (Phi) is 5.33. The Morgan fingerprint density at radius 3 is 2.83 bits per heavy atom. The number of thioether (sulfide) groups is 1. The third kappa shape index (κ3) is 4.49. The first-order valence-electron chi connectivity index (χ1n) is 7.57. The molecule has 122 valence electrons. The first-order chi connectivity index (χ1) is 11.7. The fourth-order valence-electron chi connectivity index (χ4n) is 2.33. The Hall–Kier alpha value is -2.53. The molecule has 0 aliphatic heterocycles. The van der Waals surface area contributed by atoms with Crippen molar-refractivity contribution in [2.24, 2.45) is 0 Å². The molecule has 0 aliphatic rings. The van der Waals surface area contributed by atoms with Gasteiger partial charge in [-0.2, -0.15) is 0 Å². The van der Waals surface area contributed by atoms with Gasteiger partial charge in [0.1, 0.15) is 12.4 Å². The molecule has 24 heavy (non-hydrogen) atoms. The second-order valence-corrected chi connectivity index (χ2v) is 6.30. The molecule has 5 heteroatoms. The van der Waals surface area contributed by atoms with Crippen molar-refractivity contribution in [3.63, 3.8) is 0 Å². The molecule has 0 atom stereocenters. The molecule has 0 spiro atoms. The van der Waals surface area contributed by atoms with E-state index in [0.29, 0.717) is 12.4 Å². The average Bonchev–Trinajstić information content (AvgIpc) is 2.60. The van der Waals surface area contributed by atoms with Crippen molar-refractivity contribution < 1.29 is 14.6 Å². The van der Waals surface area contributed by atoms with Crippen LogP contribution < -0.4 is 4.74 Å². The topological polar surface area (TPSA) is 59.4 Å². The molecule has 3 rings (SSSR count). The van der Waals surface area contributed by atoms with Gasteiger partial charge in [-0.15, -0.1) is 11.8 Å². The third-order valence-electron chi connectivity index (χ3n) is 3.44. The van der Waals surface area contributed by atoms with Gasteiger partial charge in [0.15, 0.2) is 0 Å². The number of pyridine rings is 1. The molecule has 0 aliphatic carbocycles. The van der Waals surface area contributed by atoms with Gasteiger partial charge >= 0.3 is 5.97 Å². The fraction of sp³-hybridized carbons (Fsp3) is 0.158. The monoisotopic (exact) mass is 339 g/mol. The predicted octanol–water partition coefficient (Wildman–Crippen LogP) is 4.13. The summed E-state index contributed by atoms with van der Waals surface area (Å²) in [6.45, 7) is 0.399. The minimum absolute atomic E-state index is 0.103. The summed E-state index contributed by atoms with van der Waals surface area (Å²) in [6.07, 6.45) is 0. The van der Waals surface area contributed by atoms with Gasteiger partial charge in [0, 0.05) is 11.1 Å². The Bertz CT molecular complexity index is 851. The molecule has 1 heterocycles. The number of ether oxygens (including phenoxy) is 1. The number of para-hydroxylation sites is 1. The quantitative estimate of drug-likeness (QED) is 0.701. The van der Waals surface area contributed by atoms with E-state index in [0.717, 1.165) is 27.9 Å². The van der Waals surface area contributed by atoms with Crippen molar-refractivity contribution in [2.45, 2.75) is 12.4 Å². The van der Waals surface area contributed by atoms with E-state index in [4.69, 9.17) is 9.84 Å². The van der Waals surface area contributed by atoms with Crippen molar-refractivity contribution in [3.8, 4) is 5.75 Å². The third-order valence-corrected chi connectivity index (χ3v) is 4.42. The van der Waals surface area contributed by atoms with Gasteiger partial charge in [-0.3, -0.25) is 4.79 Å². The van der Waals surface area contributed by atoms with Crippen molar-refractivity contribution in [1.82, 2.24) is 4.98 Å². The SMILES string of the molecule is O=C(O)CSCc1cccc(OCc2ccc3ccccc3n2)c1. The van der Waals surface area contributed by atoms with Crippen LogP contribution in [0.4, 0.5) is 0 Å². The average molecular weight is 339 g/mol. The highest BCUT2D eigenvalue weighted by Crippen LogP contribution is 2.19. The molecule has 2 aromatic carbocycles. The summed E-state index contributed by atoms with van der Waals surface area (Å²) in [6, 6.07) is 19.7. The smallest absolute Gasteiger partial charge is 0.313 e. The largest absolute Gasteiger partial charge is 0.487 e. The number of carboxylic acid groups (broad SMARTS) is 1. The van der Waals surface area contributed by atoms with E-state index in [1.54, 1.807) is 0 Å². The van der Waals surface area contributed by atoms with Gasteiger partial charge < -0.3 is 9.84 Å². The standard InChI is InChI=1S/C19H17NO3S/c21-19(22)13-24-12-14-4-3-6-17(10-14)23-11-16-9-8-15-5-1-2-7-18(15)20-16/h1-10H,11-13H2,(H,21,22). The zero-order valence-corrected chi connectivity index (χ0v) is 13.8. The number of hydrogen-bond donors (Lipinski definition) is 1. The van der Waals surface area contributed by atoms with Gasteiger partial charge in [0.05, 0.1) is 17.0 Å². The van der Waals surface area contributed by atoms with Gasteiger partial charge in [-0.05, 0) is 29.8 Å². The van der Waals surface area contributed by atoms with Crippen molar-refractivity contribution in [2.75, 3.05) is 5.75 Å². The maximum atomic E-state index is 10.6. The van der Waals surface area contributed by atoms with Crippen molar-refractivity contribution in [3.05, 3.63) is 71.9 Å². The lowest BCUT2D eigenvalue weighted by molar-refractivity contribution is -0.133. The lowest BCUT2D eigenvalue weighted by Crippen LogP contribution is -1.99. The summed E-state index contributed by atoms with van der Waals surface area (Å²) in [4.78, 5) is 15.1. The van der Waals surface area contributed by atoms with E-state index < -0.39 is 5.97 Å². The van der Waals surface area contributed by atoms with E-state index in [1.165, 1.54) is 11.8 Å². The molecule has 1 N–H and O–H groups in total. The van der Waals surface area contributed by atoms with Crippen LogP contribution in [0.5, 0.6) is 5.75 Å². The number of carboxylic acids is 1. The number of fused-ring (bicyclic) bond motifs is 1. The molecule has 0 amide bonds. The van der Waals surface area contributed by atoms with E-state index in [1.807, 2.05) is 60.7 Å². The highest BCUT2D eigenvalue weighted by atomic mass is 32.2. The van der Waals surface area contributed by atoms with Gasteiger partial charge in [-0.1, -0.05) is 36.4 Å². The van der Waals surface area contributed by atoms with E-state index >= 15 is 0 Å². The van der Waals surface area contributed by atoms with Gasteiger partial charge in [-0.25, -0.2) is 4.98 Å². The Labute approximate surface area is 144 Å². The number of hydrogen-bond acceptors (Lipinski definition) is 4. The number of benzene rings is 2. The lowest BCUT2D eigenvalue weighted by atomic mass is 10.2. The Balaban J connectivity index is 1.61. The zero-order valence-electron chi connectivity index (χ0n) is 13.0. The summed E-state index contributed by atoms with van der Waals surface area (Å²) in [5.41, 5.74) is 2.88. The lowest BCUT2D eigenvalue weighted by Gasteiger charge is -2.08. The highest BCUT2D eigenvalue weighted by molar-refractivity contribution is 7.99. The molecule has 0 fully saturated rings. The van der Waals surface area contributed by atoms with E-state index in [2.05, 4.69) is 4.98 Å². The minimum atomic E-state index is -0.796. The van der Waals surface area contributed by atoms with Crippen LogP contribution in [0.3, 0.4) is 0 Å². The number of rotatable bonds is 7. The maximum absolute atomic E-state index is 10.6. The fourth-order valence-corrected chi connectivity index (χ4v) is 3.02. The summed E-state index contributed by atoms with van der Waals surface area (Å²) >= 11 is 1.37. The molecule has 1 aromatic heterocycles. The van der Waals surface area contributed by atoms with Crippen LogP contribution in [-0.4, -0.2) is 21.8 Å². The number of nitrogens with zero attached hydrogens (tertiary/aromatic N) is 1. The predicted molar refractivity (Wildman–Crippen MR) is 96.3 cm³/mol. The molecular formula is C19H17NO3S. The van der Waals surface area contributed by atoms with Crippen LogP contribution in [0.25, 0.3) is 10.9 Å². The number of carbonyl (C=O) groups is 1. The van der Waals surface area contributed by atoms with Crippen LogP contribution in [-0.2, 0) is 17.2 Å². The van der Waals surface area contributed by atoms with E-state index in [9.17, 15) is 4.79 Å². The minimum Gasteiger partial charge on any atom is -0.487 e. The van der Waals surface area contributed by atoms with Crippen LogP contribution in [0.15, 0.2) is 60.7 Å². The van der Waals surface area contributed by atoms with Crippen molar-refractivity contribution in [1.29, 1.82) is 0 Å². The molecule has 0 saturated heterocycles. The maximum Gasteiger partial charge on any atom is 0.313 e. The highest BCUT2D eigenvalue weighted by Gasteiger charge is 2.02. The Morgan fingerprint density at radius 1 is 1.08 bits per heavy atom. The Morgan fingerprint density at radius 2 is 1.96 bits per heavy atom. The second kappa shape index (κ2) is 7.84. The number of aromatic nitrogens is 1.